The van der Waals surface area contributed by atoms with Crippen LogP contribution < -0.4 is 59.7 Å². The van der Waals surface area contributed by atoms with Gasteiger partial charge < -0.3 is 69.7 Å². The molecule has 8 rings (SSSR count). The van der Waals surface area contributed by atoms with Crippen LogP contribution in [0.2, 0.25) is 0 Å². The van der Waals surface area contributed by atoms with Gasteiger partial charge in [0.1, 0.15) is 42.3 Å². The summed E-state index contributed by atoms with van der Waals surface area (Å²) in [5.74, 6) is -7.34. The zero-order valence-corrected chi connectivity index (χ0v) is 47.0. The zero-order chi connectivity index (χ0) is 60.4. The minimum atomic E-state index is -1.65. The summed E-state index contributed by atoms with van der Waals surface area (Å²) >= 11 is 0. The number of imidazole rings is 1. The summed E-state index contributed by atoms with van der Waals surface area (Å²) < 4.78 is 0. The molecule has 3 heterocycles. The lowest BCUT2D eigenvalue weighted by molar-refractivity contribution is -0.136. The minimum Gasteiger partial charge on any atom is -0.370 e. The standard InChI is InChI=1S/C61H71N15O9/c1-35(77)70-48(27-36-19-21-38-11-2-4-13-40(38)25-36)56(81)76-52-31-53(78)66-23-9-8-17-46(54(62)79)71-58(83)50(29-42-32-68-45-16-7-6-15-44(42)45)74-55(80)47(18-10-24-67-61(63)64)72-57(82)49(28-37-20-22-39-12-3-5-14-41(39)26-37)73-59(84)51(75-60(52)85)30-43-33-65-34-69-43/h2-7,11-16,19-22,25-26,32-34,46-52,68H,8-10,17-18,23-24,27-31H2,1H3,(H2,62,79)(H,65,69)(H,66,78)(H,70,77)(H,71,83)(H,72,82)(H,73,84)(H,74,80)(H,75,85)(H,76,81)(H4,63,64,67)/t46-,47-,48-,49+,50-,51-,52-/m0/s1. The summed E-state index contributed by atoms with van der Waals surface area (Å²) in [5.41, 5.74) is 20.2. The van der Waals surface area contributed by atoms with Crippen molar-refractivity contribution in [2.45, 2.75) is 113 Å². The van der Waals surface area contributed by atoms with Crippen molar-refractivity contribution in [1.82, 2.24) is 57.5 Å². The average molecular weight is 1160 g/mol. The number of fused-ring (bicyclic) bond motifs is 3. The molecule has 24 nitrogen and oxygen atoms in total. The smallest absolute Gasteiger partial charge is 0.243 e. The van der Waals surface area contributed by atoms with Gasteiger partial charge in [0.15, 0.2) is 5.96 Å². The summed E-state index contributed by atoms with van der Waals surface area (Å²) in [5, 5.41) is 26.3. The van der Waals surface area contributed by atoms with Crippen molar-refractivity contribution < 1.29 is 43.2 Å². The molecule has 7 aromatic rings. The summed E-state index contributed by atoms with van der Waals surface area (Å²) in [6, 6.07) is 23.7. The number of nitrogens with zero attached hydrogens (tertiary/aromatic N) is 2. The minimum absolute atomic E-state index is 0.00141. The number of amides is 9. The third-order valence-corrected chi connectivity index (χ3v) is 14.7. The van der Waals surface area contributed by atoms with Crippen LogP contribution in [0.5, 0.6) is 0 Å². The first-order chi connectivity index (χ1) is 41.0. The summed E-state index contributed by atoms with van der Waals surface area (Å²) in [4.78, 5) is 142. The van der Waals surface area contributed by atoms with Gasteiger partial charge in [-0.15, -0.1) is 0 Å². The number of benzene rings is 5. The first-order valence-electron chi connectivity index (χ1n) is 28.1. The maximum absolute atomic E-state index is 15.1. The van der Waals surface area contributed by atoms with Crippen LogP contribution in [0.3, 0.4) is 0 Å². The lowest BCUT2D eigenvalue weighted by atomic mass is 9.99. The molecule has 0 saturated carbocycles. The van der Waals surface area contributed by atoms with Crippen LogP contribution in [0.1, 0.15) is 67.8 Å². The van der Waals surface area contributed by atoms with Gasteiger partial charge in [-0.1, -0.05) is 103 Å². The van der Waals surface area contributed by atoms with E-state index in [1.807, 2.05) is 103 Å². The maximum Gasteiger partial charge on any atom is 0.243 e. The number of aromatic nitrogens is 3. The van der Waals surface area contributed by atoms with E-state index in [2.05, 4.69) is 62.5 Å². The molecule has 24 heteroatoms. The second-order valence-corrected chi connectivity index (χ2v) is 21.1. The number of carbonyl (C=O) groups is 9. The zero-order valence-electron chi connectivity index (χ0n) is 47.0. The van der Waals surface area contributed by atoms with Crippen molar-refractivity contribution in [1.29, 1.82) is 0 Å². The summed E-state index contributed by atoms with van der Waals surface area (Å²) in [6.45, 7) is 1.31. The molecule has 0 radical (unpaired) electrons. The van der Waals surface area contributed by atoms with Crippen molar-refractivity contribution in [3.8, 4) is 0 Å². The number of rotatable bonds is 16. The molecule has 9 amide bonds. The van der Waals surface area contributed by atoms with Crippen LogP contribution in [0.15, 0.2) is 133 Å². The van der Waals surface area contributed by atoms with E-state index in [1.165, 1.54) is 19.4 Å². The predicted molar refractivity (Wildman–Crippen MR) is 319 cm³/mol. The molecule has 444 valence electrons. The first kappa shape index (κ1) is 61.0. The summed E-state index contributed by atoms with van der Waals surface area (Å²) in [6.07, 6.45) is 4.03. The molecule has 0 unspecified atom stereocenters. The third kappa shape index (κ3) is 17.5. The number of H-pyrrole nitrogens is 2. The van der Waals surface area contributed by atoms with E-state index >= 15 is 9.59 Å². The predicted octanol–water partition coefficient (Wildman–Crippen LogP) is 1.11. The van der Waals surface area contributed by atoms with Gasteiger partial charge >= 0.3 is 0 Å². The molecular formula is C61H71N15O9. The molecule has 7 atom stereocenters. The fourth-order valence-corrected chi connectivity index (χ4v) is 10.3. The van der Waals surface area contributed by atoms with E-state index < -0.39 is 102 Å². The number of nitrogens with two attached hydrogens (primary N) is 3. The maximum atomic E-state index is 15.1. The highest BCUT2D eigenvalue weighted by molar-refractivity contribution is 5.99. The van der Waals surface area contributed by atoms with Gasteiger partial charge in [-0.3, -0.25) is 48.1 Å². The van der Waals surface area contributed by atoms with E-state index in [1.54, 1.807) is 12.3 Å². The number of hydrogen-bond donors (Lipinski definition) is 13. The second kappa shape index (κ2) is 29.2. The topological polar surface area (TPSA) is 385 Å². The number of nitrogens with one attached hydrogen (secondary N) is 10. The highest BCUT2D eigenvalue weighted by Crippen LogP contribution is 2.22. The van der Waals surface area contributed by atoms with Crippen LogP contribution in [0.4, 0.5) is 0 Å². The van der Waals surface area contributed by atoms with Crippen LogP contribution in [-0.2, 0) is 68.8 Å². The SMILES string of the molecule is CC(=O)N[C@@H](Cc1ccc2ccccc2c1)C(=O)N[C@H]1CC(=O)NCCCC[C@@H](C(N)=O)NC(=O)[C@H](Cc2c[nH]c3ccccc23)NC(=O)[C@H](CCCN=C(N)N)NC(=O)[C@@H](Cc2ccc3ccccc3c2)NC(=O)[C@H](Cc2cnc[nH]2)NC1=O. The Morgan fingerprint density at radius 2 is 1.26 bits per heavy atom. The Bertz CT molecular complexity index is 3580. The molecule has 5 aromatic carbocycles. The fourth-order valence-electron chi connectivity index (χ4n) is 10.3. The number of aromatic amines is 2. The molecule has 1 fully saturated rings. The lowest BCUT2D eigenvalue weighted by Crippen LogP contribution is -2.61. The Morgan fingerprint density at radius 1 is 0.659 bits per heavy atom. The van der Waals surface area contributed by atoms with Gasteiger partial charge in [0, 0.05) is 74.7 Å². The van der Waals surface area contributed by atoms with E-state index in [4.69, 9.17) is 17.2 Å². The van der Waals surface area contributed by atoms with Gasteiger partial charge in [-0.25, -0.2) is 4.98 Å². The van der Waals surface area contributed by atoms with Crippen LogP contribution in [0, 0.1) is 0 Å². The monoisotopic (exact) mass is 1160 g/mol. The largest absolute Gasteiger partial charge is 0.370 e. The van der Waals surface area contributed by atoms with Crippen LogP contribution in [0.25, 0.3) is 32.4 Å². The summed E-state index contributed by atoms with van der Waals surface area (Å²) in [7, 11) is 0. The number of aliphatic imine (C=N–C) groups is 1. The number of hydrogen-bond acceptors (Lipinski definition) is 11. The van der Waals surface area contributed by atoms with E-state index in [9.17, 15) is 33.6 Å². The molecule has 85 heavy (non-hydrogen) atoms. The third-order valence-electron chi connectivity index (χ3n) is 14.7. The van der Waals surface area contributed by atoms with Crippen molar-refractivity contribution in [3.63, 3.8) is 0 Å². The molecule has 1 aliphatic heterocycles. The molecular weight excluding hydrogens is 1090 g/mol. The van der Waals surface area contributed by atoms with Gasteiger partial charge in [0.05, 0.1) is 12.7 Å². The quantitative estimate of drug-likeness (QED) is 0.0368. The number of carbonyl (C=O) groups excluding carboxylic acids is 9. The normalized spacial score (nSPS) is 20.2. The van der Waals surface area contributed by atoms with Crippen molar-refractivity contribution in [2.24, 2.45) is 22.2 Å². The lowest BCUT2D eigenvalue weighted by Gasteiger charge is -2.28. The van der Waals surface area contributed by atoms with Crippen LogP contribution >= 0.6 is 0 Å². The van der Waals surface area contributed by atoms with Gasteiger partial charge in [0.25, 0.3) is 0 Å². The van der Waals surface area contributed by atoms with Crippen LogP contribution in [-0.4, -0.2) is 129 Å². The van der Waals surface area contributed by atoms with Gasteiger partial charge in [0.2, 0.25) is 53.2 Å². The molecule has 1 saturated heterocycles. The Hall–Kier alpha value is -10.1. The Balaban J connectivity index is 1.15. The van der Waals surface area contributed by atoms with E-state index in [0.29, 0.717) is 22.4 Å². The van der Waals surface area contributed by atoms with Gasteiger partial charge in [-0.05, 0) is 76.4 Å². The molecule has 0 aliphatic carbocycles. The molecule has 0 spiro atoms. The Kier molecular flexibility index (Phi) is 21.0. The number of guanidine groups is 1. The average Bonchev–Trinajstić information content (AvgIpc) is 4.39. The number of para-hydroxylation sites is 1. The Labute approximate surface area is 489 Å². The molecule has 1 aliphatic rings. The van der Waals surface area contributed by atoms with E-state index in [0.717, 1.165) is 32.4 Å². The van der Waals surface area contributed by atoms with Crippen molar-refractivity contribution in [3.05, 3.63) is 150 Å². The highest BCUT2D eigenvalue weighted by atomic mass is 16.2. The second-order valence-electron chi connectivity index (χ2n) is 21.1. The molecule has 0 bridgehead atoms. The van der Waals surface area contributed by atoms with E-state index in [-0.39, 0.29) is 76.8 Å². The molecule has 2 aromatic heterocycles. The van der Waals surface area contributed by atoms with Crippen molar-refractivity contribution >= 4 is 91.6 Å². The van der Waals surface area contributed by atoms with Gasteiger partial charge in [-0.2, -0.15) is 0 Å². The first-order valence-corrected chi connectivity index (χ1v) is 28.1. The fraction of sp³-hybridized carbons (Fsp3) is 0.328. The number of primary amides is 1. The highest BCUT2D eigenvalue weighted by Gasteiger charge is 2.36. The van der Waals surface area contributed by atoms with Crippen molar-refractivity contribution in [2.75, 3.05) is 13.1 Å². The molecule has 16 N–H and O–H groups in total. The Morgan fingerprint density at radius 3 is 1.93 bits per heavy atom.